The second kappa shape index (κ2) is 5.62. The Hall–Kier alpha value is -2.21. The Balaban J connectivity index is 2.11. The lowest BCUT2D eigenvalue weighted by atomic mass is 10.2. The first-order chi connectivity index (χ1) is 9.06. The smallest absolute Gasteiger partial charge is 0.343 e. The van der Waals surface area contributed by atoms with Crippen LogP contribution in [-0.4, -0.2) is 10.9 Å². The van der Waals surface area contributed by atoms with Crippen LogP contribution in [0.3, 0.4) is 0 Å². The van der Waals surface area contributed by atoms with E-state index in [4.69, 9.17) is 4.74 Å². The predicted octanol–water partition coefficient (Wildman–Crippen LogP) is 3.58. The van der Waals surface area contributed by atoms with E-state index in [9.17, 15) is 14.9 Å². The van der Waals surface area contributed by atoms with Gasteiger partial charge in [0.2, 0.25) is 0 Å². The molecule has 0 radical (unpaired) electrons. The number of carbonyl (C=O) groups is 1. The van der Waals surface area contributed by atoms with Gasteiger partial charge in [-0.15, -0.1) is 0 Å². The fourth-order valence-corrected chi connectivity index (χ4v) is 1.65. The molecule has 0 bridgehead atoms. The minimum Gasteiger partial charge on any atom is -0.423 e. The Morgan fingerprint density at radius 3 is 2.16 bits per heavy atom. The van der Waals surface area contributed by atoms with Gasteiger partial charge in [0.05, 0.1) is 10.5 Å². The lowest BCUT2D eigenvalue weighted by molar-refractivity contribution is -0.384. The normalized spacial score (nSPS) is 9.95. The van der Waals surface area contributed by atoms with Crippen molar-refractivity contribution >= 4 is 27.6 Å². The molecule has 0 N–H and O–H groups in total. The number of nitrogens with zero attached hydrogens (tertiary/aromatic N) is 1. The van der Waals surface area contributed by atoms with Crippen LogP contribution in [0.25, 0.3) is 0 Å². The third-order valence-electron chi connectivity index (χ3n) is 2.34. The van der Waals surface area contributed by atoms with E-state index in [1.54, 1.807) is 24.3 Å². The fourth-order valence-electron chi connectivity index (χ4n) is 1.39. The molecule has 0 spiro atoms. The molecule has 96 valence electrons. The average molecular weight is 322 g/mol. The van der Waals surface area contributed by atoms with Gasteiger partial charge in [-0.2, -0.15) is 0 Å². The molecular weight excluding hydrogens is 314 g/mol. The standard InChI is InChI=1S/C13H8BrNO4/c14-10-3-7-12(8-4-10)19-13(16)9-1-5-11(6-2-9)15(17)18/h1-8H. The zero-order chi connectivity index (χ0) is 13.8. The maximum atomic E-state index is 11.8. The number of ether oxygens (including phenoxy) is 1. The quantitative estimate of drug-likeness (QED) is 0.375. The molecule has 5 nitrogen and oxygen atoms in total. The van der Waals surface area contributed by atoms with Gasteiger partial charge < -0.3 is 4.74 Å². The predicted molar refractivity (Wildman–Crippen MR) is 72.2 cm³/mol. The van der Waals surface area contributed by atoms with Crippen LogP contribution in [0.1, 0.15) is 10.4 Å². The highest BCUT2D eigenvalue weighted by atomic mass is 79.9. The van der Waals surface area contributed by atoms with Gasteiger partial charge in [0, 0.05) is 16.6 Å². The van der Waals surface area contributed by atoms with Crippen molar-refractivity contribution in [1.82, 2.24) is 0 Å². The van der Waals surface area contributed by atoms with Crippen molar-refractivity contribution in [3.05, 3.63) is 68.7 Å². The van der Waals surface area contributed by atoms with Gasteiger partial charge in [-0.05, 0) is 36.4 Å². The third-order valence-corrected chi connectivity index (χ3v) is 2.87. The Morgan fingerprint density at radius 1 is 1.05 bits per heavy atom. The molecule has 0 amide bonds. The molecule has 6 heteroatoms. The van der Waals surface area contributed by atoms with E-state index in [2.05, 4.69) is 15.9 Å². The maximum Gasteiger partial charge on any atom is 0.343 e. The first-order valence-corrected chi connectivity index (χ1v) is 6.08. The van der Waals surface area contributed by atoms with Crippen LogP contribution < -0.4 is 4.74 Å². The molecule has 2 rings (SSSR count). The highest BCUT2D eigenvalue weighted by Gasteiger charge is 2.11. The summed E-state index contributed by atoms with van der Waals surface area (Å²) in [5.41, 5.74) is 0.189. The van der Waals surface area contributed by atoms with Crippen molar-refractivity contribution in [2.75, 3.05) is 0 Å². The van der Waals surface area contributed by atoms with Gasteiger partial charge in [0.15, 0.2) is 0 Å². The summed E-state index contributed by atoms with van der Waals surface area (Å²) in [6.07, 6.45) is 0. The maximum absolute atomic E-state index is 11.8. The summed E-state index contributed by atoms with van der Waals surface area (Å²) >= 11 is 3.27. The van der Waals surface area contributed by atoms with Gasteiger partial charge in [-0.3, -0.25) is 10.1 Å². The zero-order valence-corrected chi connectivity index (χ0v) is 11.2. The molecule has 0 fully saturated rings. The zero-order valence-electron chi connectivity index (χ0n) is 9.58. The van der Waals surface area contributed by atoms with Crippen molar-refractivity contribution in [3.63, 3.8) is 0 Å². The number of benzene rings is 2. The molecule has 0 atom stereocenters. The van der Waals surface area contributed by atoms with Crippen molar-refractivity contribution < 1.29 is 14.5 Å². The molecule has 0 saturated heterocycles. The van der Waals surface area contributed by atoms with Gasteiger partial charge in [0.1, 0.15) is 5.75 Å². The average Bonchev–Trinajstić information content (AvgIpc) is 2.41. The monoisotopic (exact) mass is 321 g/mol. The largest absolute Gasteiger partial charge is 0.423 e. The molecule has 0 unspecified atom stereocenters. The molecule has 0 aromatic heterocycles. The molecule has 2 aromatic rings. The van der Waals surface area contributed by atoms with Crippen LogP contribution in [0.5, 0.6) is 5.75 Å². The van der Waals surface area contributed by atoms with Crippen LogP contribution >= 0.6 is 15.9 Å². The Morgan fingerprint density at radius 2 is 1.63 bits per heavy atom. The molecule has 2 aromatic carbocycles. The van der Waals surface area contributed by atoms with Crippen LogP contribution in [0, 0.1) is 10.1 Å². The van der Waals surface area contributed by atoms with Gasteiger partial charge in [-0.25, -0.2) is 4.79 Å². The number of nitro benzene ring substituents is 1. The number of rotatable bonds is 3. The number of esters is 1. The number of non-ortho nitro benzene ring substituents is 1. The topological polar surface area (TPSA) is 69.4 Å². The third kappa shape index (κ3) is 3.38. The number of hydrogen-bond acceptors (Lipinski definition) is 4. The Kier molecular flexibility index (Phi) is 3.91. The summed E-state index contributed by atoms with van der Waals surface area (Å²) in [5, 5.41) is 10.5. The van der Waals surface area contributed by atoms with E-state index in [0.29, 0.717) is 5.75 Å². The fraction of sp³-hybridized carbons (Fsp3) is 0. The Bertz CT molecular complexity index is 608. The van der Waals surface area contributed by atoms with Gasteiger partial charge >= 0.3 is 5.97 Å². The highest BCUT2D eigenvalue weighted by Crippen LogP contribution is 2.18. The lowest BCUT2D eigenvalue weighted by Crippen LogP contribution is -2.08. The van der Waals surface area contributed by atoms with E-state index in [1.807, 2.05) is 0 Å². The van der Waals surface area contributed by atoms with Crippen molar-refractivity contribution in [2.45, 2.75) is 0 Å². The van der Waals surface area contributed by atoms with E-state index >= 15 is 0 Å². The number of halogens is 1. The molecule has 0 saturated carbocycles. The van der Waals surface area contributed by atoms with Gasteiger partial charge in [-0.1, -0.05) is 15.9 Å². The molecule has 0 aliphatic heterocycles. The summed E-state index contributed by atoms with van der Waals surface area (Å²) in [4.78, 5) is 21.7. The minimum absolute atomic E-state index is 0.0693. The molecule has 19 heavy (non-hydrogen) atoms. The molecule has 0 heterocycles. The molecular formula is C13H8BrNO4. The van der Waals surface area contributed by atoms with Crippen LogP contribution in [-0.2, 0) is 0 Å². The van der Waals surface area contributed by atoms with Crippen LogP contribution in [0.2, 0.25) is 0 Å². The second-order valence-corrected chi connectivity index (χ2v) is 4.56. The first-order valence-electron chi connectivity index (χ1n) is 5.28. The molecule has 0 aliphatic carbocycles. The van der Waals surface area contributed by atoms with Crippen LogP contribution in [0.4, 0.5) is 5.69 Å². The summed E-state index contributed by atoms with van der Waals surface area (Å²) in [6.45, 7) is 0. The van der Waals surface area contributed by atoms with E-state index in [1.165, 1.54) is 24.3 Å². The summed E-state index contributed by atoms with van der Waals surface area (Å²) in [5.74, 6) is -0.149. The summed E-state index contributed by atoms with van der Waals surface area (Å²) in [7, 11) is 0. The first kappa shape index (κ1) is 13.2. The summed E-state index contributed by atoms with van der Waals surface area (Å²) < 4.78 is 6.00. The van der Waals surface area contributed by atoms with E-state index < -0.39 is 10.9 Å². The SMILES string of the molecule is O=C(Oc1ccc(Br)cc1)c1ccc([N+](=O)[O-])cc1. The van der Waals surface area contributed by atoms with Crippen molar-refractivity contribution in [3.8, 4) is 5.75 Å². The van der Waals surface area contributed by atoms with Crippen LogP contribution in [0.15, 0.2) is 53.0 Å². The lowest BCUT2D eigenvalue weighted by Gasteiger charge is -2.04. The molecule has 0 aliphatic rings. The van der Waals surface area contributed by atoms with E-state index in [-0.39, 0.29) is 11.3 Å². The van der Waals surface area contributed by atoms with Gasteiger partial charge in [0.25, 0.3) is 5.69 Å². The Labute approximate surface area is 117 Å². The van der Waals surface area contributed by atoms with E-state index in [0.717, 1.165) is 4.47 Å². The number of carbonyl (C=O) groups excluding carboxylic acids is 1. The minimum atomic E-state index is -0.558. The number of hydrogen-bond donors (Lipinski definition) is 0. The highest BCUT2D eigenvalue weighted by molar-refractivity contribution is 9.10. The van der Waals surface area contributed by atoms with Crippen molar-refractivity contribution in [1.29, 1.82) is 0 Å². The second-order valence-electron chi connectivity index (χ2n) is 3.65. The summed E-state index contributed by atoms with van der Waals surface area (Å²) in [6, 6.07) is 12.0. The number of nitro groups is 1. The van der Waals surface area contributed by atoms with Crippen molar-refractivity contribution in [2.24, 2.45) is 0 Å².